The maximum atomic E-state index is 6.11. The molecule has 2 rings (SSSR count). The van der Waals surface area contributed by atoms with Crippen molar-refractivity contribution in [2.45, 2.75) is 38.1 Å². The molecule has 17 heavy (non-hydrogen) atoms. The minimum atomic E-state index is 0.0961. The first-order chi connectivity index (χ1) is 8.09. The molecule has 1 fully saturated rings. The van der Waals surface area contributed by atoms with Gasteiger partial charge in [0.05, 0.1) is 14.2 Å². The number of aryl methyl sites for hydroxylation is 1. The Kier molecular flexibility index (Phi) is 3.29. The average molecular weight is 235 g/mol. The van der Waals surface area contributed by atoms with Gasteiger partial charge in [-0.1, -0.05) is 6.07 Å². The van der Waals surface area contributed by atoms with Crippen molar-refractivity contribution in [1.82, 2.24) is 0 Å². The highest BCUT2D eigenvalue weighted by molar-refractivity contribution is 5.49. The van der Waals surface area contributed by atoms with Gasteiger partial charge < -0.3 is 15.2 Å². The molecule has 1 aromatic carbocycles. The van der Waals surface area contributed by atoms with Crippen molar-refractivity contribution in [3.8, 4) is 11.5 Å². The van der Waals surface area contributed by atoms with E-state index in [4.69, 9.17) is 15.2 Å². The molecule has 94 valence electrons. The Morgan fingerprint density at radius 2 is 1.94 bits per heavy atom. The maximum Gasteiger partial charge on any atom is 0.128 e. The van der Waals surface area contributed by atoms with E-state index in [1.54, 1.807) is 14.2 Å². The Labute approximate surface area is 103 Å². The molecule has 1 aromatic rings. The summed E-state index contributed by atoms with van der Waals surface area (Å²) in [6, 6.07) is 4.08. The van der Waals surface area contributed by atoms with Gasteiger partial charge in [-0.3, -0.25) is 0 Å². The Balaban J connectivity index is 2.18. The molecule has 1 saturated carbocycles. The summed E-state index contributed by atoms with van der Waals surface area (Å²) >= 11 is 0. The van der Waals surface area contributed by atoms with Crippen molar-refractivity contribution < 1.29 is 9.47 Å². The summed E-state index contributed by atoms with van der Waals surface area (Å²) in [6.45, 7) is 2.02. The zero-order valence-corrected chi connectivity index (χ0v) is 10.9. The standard InChI is InChI=1S/C14H21NO2/c1-10-12(16-2)5-4-11(13(10)17-3)6-7-14(15)8-9-14/h4-5H,6-9,15H2,1-3H3. The fourth-order valence-electron chi connectivity index (χ4n) is 2.23. The highest BCUT2D eigenvalue weighted by Gasteiger charge is 2.37. The van der Waals surface area contributed by atoms with Crippen molar-refractivity contribution in [1.29, 1.82) is 0 Å². The fraction of sp³-hybridized carbons (Fsp3) is 0.571. The minimum Gasteiger partial charge on any atom is -0.496 e. The normalized spacial score (nSPS) is 16.7. The second-order valence-electron chi connectivity index (χ2n) is 4.95. The average Bonchev–Trinajstić information content (AvgIpc) is 3.05. The van der Waals surface area contributed by atoms with Crippen LogP contribution in [0.25, 0.3) is 0 Å². The molecule has 0 aliphatic heterocycles. The highest BCUT2D eigenvalue weighted by atomic mass is 16.5. The molecule has 2 N–H and O–H groups in total. The number of methoxy groups -OCH3 is 2. The second-order valence-corrected chi connectivity index (χ2v) is 4.95. The minimum absolute atomic E-state index is 0.0961. The van der Waals surface area contributed by atoms with Crippen LogP contribution < -0.4 is 15.2 Å². The molecule has 0 unspecified atom stereocenters. The molecule has 0 saturated heterocycles. The molecule has 3 nitrogen and oxygen atoms in total. The fourth-order valence-corrected chi connectivity index (χ4v) is 2.23. The van der Waals surface area contributed by atoms with E-state index in [0.29, 0.717) is 0 Å². The van der Waals surface area contributed by atoms with Crippen LogP contribution >= 0.6 is 0 Å². The second kappa shape index (κ2) is 4.57. The van der Waals surface area contributed by atoms with Crippen LogP contribution in [0.2, 0.25) is 0 Å². The molecule has 1 aliphatic carbocycles. The summed E-state index contributed by atoms with van der Waals surface area (Å²) in [4.78, 5) is 0. The third kappa shape index (κ3) is 2.55. The molecular weight excluding hydrogens is 214 g/mol. The quantitative estimate of drug-likeness (QED) is 0.852. The van der Waals surface area contributed by atoms with E-state index in [1.807, 2.05) is 13.0 Å². The van der Waals surface area contributed by atoms with Crippen molar-refractivity contribution in [2.75, 3.05) is 14.2 Å². The lowest BCUT2D eigenvalue weighted by Crippen LogP contribution is -2.22. The van der Waals surface area contributed by atoms with E-state index >= 15 is 0 Å². The van der Waals surface area contributed by atoms with Gasteiger partial charge in [0.25, 0.3) is 0 Å². The molecule has 0 bridgehead atoms. The largest absolute Gasteiger partial charge is 0.496 e. The Hall–Kier alpha value is -1.22. The monoisotopic (exact) mass is 235 g/mol. The lowest BCUT2D eigenvalue weighted by Gasteiger charge is -2.15. The van der Waals surface area contributed by atoms with E-state index in [-0.39, 0.29) is 5.54 Å². The number of nitrogens with two attached hydrogens (primary N) is 1. The van der Waals surface area contributed by atoms with Crippen LogP contribution in [0, 0.1) is 6.92 Å². The van der Waals surface area contributed by atoms with Crippen molar-refractivity contribution in [2.24, 2.45) is 5.73 Å². The zero-order valence-electron chi connectivity index (χ0n) is 10.9. The van der Waals surface area contributed by atoms with Crippen LogP contribution in [0.4, 0.5) is 0 Å². The topological polar surface area (TPSA) is 44.5 Å². The van der Waals surface area contributed by atoms with Crippen LogP contribution in [0.15, 0.2) is 12.1 Å². The van der Waals surface area contributed by atoms with Crippen LogP contribution in [0.5, 0.6) is 11.5 Å². The Bertz CT molecular complexity index is 411. The summed E-state index contributed by atoms with van der Waals surface area (Å²) in [5.41, 5.74) is 8.50. The number of hydrogen-bond donors (Lipinski definition) is 1. The van der Waals surface area contributed by atoms with E-state index in [9.17, 15) is 0 Å². The van der Waals surface area contributed by atoms with Crippen LogP contribution in [-0.2, 0) is 6.42 Å². The summed E-state index contributed by atoms with van der Waals surface area (Å²) in [5.74, 6) is 1.81. The summed E-state index contributed by atoms with van der Waals surface area (Å²) in [7, 11) is 3.39. The molecule has 0 radical (unpaired) electrons. The summed E-state index contributed by atoms with van der Waals surface area (Å²) < 4.78 is 10.8. The first-order valence-corrected chi connectivity index (χ1v) is 6.09. The zero-order chi connectivity index (χ0) is 12.5. The molecule has 0 heterocycles. The van der Waals surface area contributed by atoms with Crippen molar-refractivity contribution in [3.63, 3.8) is 0 Å². The summed E-state index contributed by atoms with van der Waals surface area (Å²) in [5, 5.41) is 0. The molecule has 0 spiro atoms. The summed E-state index contributed by atoms with van der Waals surface area (Å²) in [6.07, 6.45) is 4.33. The predicted molar refractivity (Wildman–Crippen MR) is 68.8 cm³/mol. The van der Waals surface area contributed by atoms with Gasteiger partial charge in [0.15, 0.2) is 0 Å². The third-order valence-electron chi connectivity index (χ3n) is 3.65. The van der Waals surface area contributed by atoms with Gasteiger partial charge in [-0.2, -0.15) is 0 Å². The van der Waals surface area contributed by atoms with Crippen molar-refractivity contribution >= 4 is 0 Å². The predicted octanol–water partition coefficient (Wildman–Crippen LogP) is 2.44. The van der Waals surface area contributed by atoms with Gasteiger partial charge >= 0.3 is 0 Å². The smallest absolute Gasteiger partial charge is 0.128 e. The number of rotatable bonds is 5. The first kappa shape index (κ1) is 12.2. The third-order valence-corrected chi connectivity index (χ3v) is 3.65. The van der Waals surface area contributed by atoms with Gasteiger partial charge in [-0.15, -0.1) is 0 Å². The molecular formula is C14H21NO2. The maximum absolute atomic E-state index is 6.11. The van der Waals surface area contributed by atoms with Gasteiger partial charge in [0.2, 0.25) is 0 Å². The highest BCUT2D eigenvalue weighted by Crippen LogP contribution is 2.39. The molecule has 0 aromatic heterocycles. The SMILES string of the molecule is COc1ccc(CCC2(N)CC2)c(OC)c1C. The molecule has 3 heteroatoms. The lowest BCUT2D eigenvalue weighted by molar-refractivity contribution is 0.384. The van der Waals surface area contributed by atoms with Crippen LogP contribution in [0.3, 0.4) is 0 Å². The van der Waals surface area contributed by atoms with E-state index in [2.05, 4.69) is 6.07 Å². The van der Waals surface area contributed by atoms with Gasteiger partial charge in [-0.05, 0) is 44.2 Å². The number of benzene rings is 1. The number of ether oxygens (including phenoxy) is 2. The van der Waals surface area contributed by atoms with Crippen LogP contribution in [-0.4, -0.2) is 19.8 Å². The van der Waals surface area contributed by atoms with E-state index < -0.39 is 0 Å². The van der Waals surface area contributed by atoms with Crippen LogP contribution in [0.1, 0.15) is 30.4 Å². The lowest BCUT2D eigenvalue weighted by atomic mass is 10.0. The van der Waals surface area contributed by atoms with E-state index in [0.717, 1.165) is 42.7 Å². The first-order valence-electron chi connectivity index (χ1n) is 6.09. The molecule has 0 atom stereocenters. The Morgan fingerprint density at radius 3 is 2.47 bits per heavy atom. The van der Waals surface area contributed by atoms with Gasteiger partial charge in [0.1, 0.15) is 11.5 Å². The molecule has 1 aliphatic rings. The molecule has 0 amide bonds. The number of hydrogen-bond acceptors (Lipinski definition) is 3. The van der Waals surface area contributed by atoms with E-state index in [1.165, 1.54) is 5.56 Å². The Morgan fingerprint density at radius 1 is 1.24 bits per heavy atom. The van der Waals surface area contributed by atoms with Gasteiger partial charge in [-0.25, -0.2) is 0 Å². The van der Waals surface area contributed by atoms with Gasteiger partial charge in [0, 0.05) is 11.1 Å². The van der Waals surface area contributed by atoms with Crippen molar-refractivity contribution in [3.05, 3.63) is 23.3 Å².